The molecule has 0 amide bonds. The van der Waals surface area contributed by atoms with Crippen molar-refractivity contribution in [2.24, 2.45) is 17.8 Å². The summed E-state index contributed by atoms with van der Waals surface area (Å²) in [6, 6.07) is 5.84. The number of hydrogen-bond acceptors (Lipinski definition) is 1. The number of nitriles is 1. The second-order valence-corrected chi connectivity index (χ2v) is 8.76. The van der Waals surface area contributed by atoms with E-state index >= 15 is 0 Å². The molecule has 2 fully saturated rings. The Morgan fingerprint density at radius 1 is 0.931 bits per heavy atom. The summed E-state index contributed by atoms with van der Waals surface area (Å²) in [5.74, 6) is 0.168. The predicted octanol–water partition coefficient (Wildman–Crippen LogP) is 7.76. The fourth-order valence-corrected chi connectivity index (χ4v) is 5.03. The average Bonchev–Trinajstić information content (AvgIpc) is 2.75. The molecule has 1 aromatic carbocycles. The quantitative estimate of drug-likeness (QED) is 0.353. The minimum atomic E-state index is -0.765. The number of halogens is 3. The Kier molecular flexibility index (Phi) is 7.98. The van der Waals surface area contributed by atoms with E-state index in [1.807, 2.05) is 6.08 Å². The lowest BCUT2D eigenvalue weighted by molar-refractivity contribution is 0.246. The van der Waals surface area contributed by atoms with E-state index in [1.54, 1.807) is 12.1 Å². The average molecular weight is 402 g/mol. The summed E-state index contributed by atoms with van der Waals surface area (Å²) in [5, 5.41) is 8.41. The molecule has 0 spiro atoms. The van der Waals surface area contributed by atoms with Crippen molar-refractivity contribution in [3.8, 4) is 6.07 Å². The summed E-state index contributed by atoms with van der Waals surface area (Å²) >= 11 is 0. The van der Waals surface area contributed by atoms with Crippen molar-refractivity contribution < 1.29 is 13.2 Å². The SMILES string of the molecule is N#CC(F)=CC=CC1CCC(CCC2CCC(c3ccc(F)c(F)c3)CC2)CC1. The van der Waals surface area contributed by atoms with Gasteiger partial charge in [-0.2, -0.15) is 9.65 Å². The predicted molar refractivity (Wildman–Crippen MR) is 110 cm³/mol. The topological polar surface area (TPSA) is 23.8 Å². The van der Waals surface area contributed by atoms with E-state index in [0.717, 1.165) is 43.1 Å². The molecule has 156 valence electrons. The minimum absolute atomic E-state index is 0.364. The van der Waals surface area contributed by atoms with Gasteiger partial charge >= 0.3 is 0 Å². The first kappa shape index (κ1) is 21.7. The maximum absolute atomic E-state index is 13.5. The van der Waals surface area contributed by atoms with Crippen LogP contribution in [0.2, 0.25) is 0 Å². The number of nitrogens with zero attached hydrogens (tertiary/aromatic N) is 1. The van der Waals surface area contributed by atoms with Crippen molar-refractivity contribution in [2.75, 3.05) is 0 Å². The highest BCUT2D eigenvalue weighted by Crippen LogP contribution is 2.40. The molecular formula is C25H30F3N. The second-order valence-electron chi connectivity index (χ2n) is 8.76. The van der Waals surface area contributed by atoms with Gasteiger partial charge in [0.25, 0.3) is 0 Å². The van der Waals surface area contributed by atoms with Gasteiger partial charge in [0.1, 0.15) is 6.07 Å². The van der Waals surface area contributed by atoms with Crippen LogP contribution in [0.4, 0.5) is 13.2 Å². The largest absolute Gasteiger partial charge is 0.204 e. The molecule has 0 aromatic heterocycles. The molecule has 2 aliphatic rings. The zero-order chi connectivity index (χ0) is 20.6. The van der Waals surface area contributed by atoms with Crippen LogP contribution < -0.4 is 0 Å². The van der Waals surface area contributed by atoms with E-state index in [0.29, 0.717) is 11.8 Å². The number of rotatable bonds is 6. The van der Waals surface area contributed by atoms with Gasteiger partial charge in [0.2, 0.25) is 0 Å². The van der Waals surface area contributed by atoms with Crippen LogP contribution in [0.15, 0.2) is 42.3 Å². The smallest absolute Gasteiger partial charge is 0.199 e. The summed E-state index contributed by atoms with van der Waals surface area (Å²) in [5.41, 5.74) is 0.943. The molecule has 0 aliphatic heterocycles. The maximum Gasteiger partial charge on any atom is 0.199 e. The van der Waals surface area contributed by atoms with Gasteiger partial charge in [-0.3, -0.25) is 0 Å². The van der Waals surface area contributed by atoms with Crippen LogP contribution in [-0.2, 0) is 0 Å². The number of allylic oxidation sites excluding steroid dienone is 4. The molecule has 0 bridgehead atoms. The van der Waals surface area contributed by atoms with Crippen LogP contribution in [0.1, 0.15) is 75.7 Å². The fraction of sp³-hybridized carbons (Fsp3) is 0.560. The zero-order valence-electron chi connectivity index (χ0n) is 16.9. The fourth-order valence-electron chi connectivity index (χ4n) is 5.03. The van der Waals surface area contributed by atoms with Crippen LogP contribution in [0, 0.1) is 40.7 Å². The van der Waals surface area contributed by atoms with Crippen LogP contribution in [0.3, 0.4) is 0 Å². The molecule has 4 heteroatoms. The summed E-state index contributed by atoms with van der Waals surface area (Å²) in [4.78, 5) is 0. The highest BCUT2D eigenvalue weighted by molar-refractivity contribution is 5.22. The molecule has 1 nitrogen and oxygen atoms in total. The van der Waals surface area contributed by atoms with Gasteiger partial charge in [-0.05, 0) is 98.8 Å². The number of benzene rings is 1. The van der Waals surface area contributed by atoms with E-state index in [-0.39, 0.29) is 0 Å². The lowest BCUT2D eigenvalue weighted by Crippen LogP contribution is -2.17. The normalized spacial score (nSPS) is 28.4. The maximum atomic E-state index is 13.5. The molecule has 3 rings (SSSR count). The van der Waals surface area contributed by atoms with Gasteiger partial charge in [0.05, 0.1) is 0 Å². The Bertz CT molecular complexity index is 761. The Hall–Kier alpha value is -2.02. The van der Waals surface area contributed by atoms with Gasteiger partial charge in [-0.15, -0.1) is 0 Å². The Balaban J connectivity index is 1.35. The standard InChI is InChI=1S/C25H30F3N/c26-23(17-29)3-1-2-18-4-6-19(7-5-18)8-9-20-10-12-21(13-11-20)22-14-15-24(27)25(28)16-22/h1-3,14-16,18-21H,4-13H2. The monoisotopic (exact) mass is 401 g/mol. The van der Waals surface area contributed by atoms with Crippen LogP contribution in [0.25, 0.3) is 0 Å². The lowest BCUT2D eigenvalue weighted by Gasteiger charge is -2.31. The van der Waals surface area contributed by atoms with E-state index < -0.39 is 17.5 Å². The molecule has 29 heavy (non-hydrogen) atoms. The molecule has 0 saturated heterocycles. The lowest BCUT2D eigenvalue weighted by atomic mass is 9.74. The summed E-state index contributed by atoms with van der Waals surface area (Å²) in [6.07, 6.45) is 16.7. The molecular weight excluding hydrogens is 371 g/mol. The molecule has 0 N–H and O–H groups in total. The van der Waals surface area contributed by atoms with E-state index in [9.17, 15) is 13.2 Å². The van der Waals surface area contributed by atoms with Gasteiger partial charge in [0.15, 0.2) is 17.5 Å². The first-order valence-electron chi connectivity index (χ1n) is 10.9. The molecule has 1 aromatic rings. The Labute approximate surface area is 172 Å². The van der Waals surface area contributed by atoms with E-state index in [1.165, 1.54) is 62.8 Å². The van der Waals surface area contributed by atoms with Gasteiger partial charge in [-0.1, -0.05) is 31.1 Å². The van der Waals surface area contributed by atoms with Crippen LogP contribution >= 0.6 is 0 Å². The Morgan fingerprint density at radius 2 is 1.55 bits per heavy atom. The van der Waals surface area contributed by atoms with Crippen molar-refractivity contribution in [1.29, 1.82) is 5.26 Å². The van der Waals surface area contributed by atoms with Crippen molar-refractivity contribution >= 4 is 0 Å². The molecule has 0 unspecified atom stereocenters. The molecule has 0 heterocycles. The summed E-state index contributed by atoms with van der Waals surface area (Å²) < 4.78 is 39.4. The zero-order valence-corrected chi connectivity index (χ0v) is 16.9. The second kappa shape index (κ2) is 10.7. The summed E-state index contributed by atoms with van der Waals surface area (Å²) in [6.45, 7) is 0. The first-order chi connectivity index (χ1) is 14.0. The summed E-state index contributed by atoms with van der Waals surface area (Å²) in [7, 11) is 0. The molecule has 2 aliphatic carbocycles. The van der Waals surface area contributed by atoms with Gasteiger partial charge in [-0.25, -0.2) is 8.78 Å². The number of hydrogen-bond donors (Lipinski definition) is 0. The highest BCUT2D eigenvalue weighted by atomic mass is 19.2. The van der Waals surface area contributed by atoms with Gasteiger partial charge < -0.3 is 0 Å². The first-order valence-corrected chi connectivity index (χ1v) is 10.9. The third kappa shape index (κ3) is 6.49. The third-order valence-corrected chi connectivity index (χ3v) is 6.87. The highest BCUT2D eigenvalue weighted by Gasteiger charge is 2.25. The molecule has 2 saturated carbocycles. The van der Waals surface area contributed by atoms with E-state index in [2.05, 4.69) is 0 Å². The minimum Gasteiger partial charge on any atom is -0.204 e. The third-order valence-electron chi connectivity index (χ3n) is 6.87. The van der Waals surface area contributed by atoms with Crippen LogP contribution in [-0.4, -0.2) is 0 Å². The van der Waals surface area contributed by atoms with Gasteiger partial charge in [0, 0.05) is 0 Å². The van der Waals surface area contributed by atoms with Crippen molar-refractivity contribution in [1.82, 2.24) is 0 Å². The van der Waals surface area contributed by atoms with Crippen molar-refractivity contribution in [3.63, 3.8) is 0 Å². The molecule has 0 atom stereocenters. The van der Waals surface area contributed by atoms with Crippen LogP contribution in [0.5, 0.6) is 0 Å². The molecule has 0 radical (unpaired) electrons. The van der Waals surface area contributed by atoms with E-state index in [4.69, 9.17) is 5.26 Å². The van der Waals surface area contributed by atoms with Crippen molar-refractivity contribution in [3.05, 3.63) is 59.5 Å². The Morgan fingerprint density at radius 3 is 2.14 bits per heavy atom. The van der Waals surface area contributed by atoms with Crippen molar-refractivity contribution in [2.45, 2.75) is 70.1 Å².